The van der Waals surface area contributed by atoms with Crippen molar-refractivity contribution in [1.29, 1.82) is 0 Å². The zero-order valence-electron chi connectivity index (χ0n) is 8.41. The minimum Gasteiger partial charge on any atom is -0.481 e. The number of unbranched alkanes of at least 4 members (excludes halogenated alkanes) is 2. The molecule has 0 bridgehead atoms. The first kappa shape index (κ1) is 11.5. The van der Waals surface area contributed by atoms with Gasteiger partial charge < -0.3 is 14.6 Å². The summed E-state index contributed by atoms with van der Waals surface area (Å²) in [5.74, 6) is -0.713. The highest BCUT2D eigenvalue weighted by atomic mass is 16.5. The van der Waals surface area contributed by atoms with Crippen LogP contribution >= 0.6 is 0 Å². The van der Waals surface area contributed by atoms with Gasteiger partial charge in [0.2, 0.25) is 0 Å². The van der Waals surface area contributed by atoms with Crippen molar-refractivity contribution in [2.45, 2.75) is 38.2 Å². The molecular formula is C10H18O4. The summed E-state index contributed by atoms with van der Waals surface area (Å²) >= 11 is 0. The Bertz CT molecular complexity index is 164. The molecule has 1 atom stereocenters. The Morgan fingerprint density at radius 1 is 1.43 bits per heavy atom. The highest BCUT2D eigenvalue weighted by Gasteiger charge is 2.15. The molecule has 4 heteroatoms. The summed E-state index contributed by atoms with van der Waals surface area (Å²) in [4.78, 5) is 10.2. The minimum atomic E-state index is -0.713. The SMILES string of the molecule is O=C(O)CCCCCOC1CCOC1. The average molecular weight is 202 g/mol. The Labute approximate surface area is 84.2 Å². The maximum Gasteiger partial charge on any atom is 0.303 e. The third kappa shape index (κ3) is 5.19. The number of ether oxygens (including phenoxy) is 2. The lowest BCUT2D eigenvalue weighted by molar-refractivity contribution is -0.137. The summed E-state index contributed by atoms with van der Waals surface area (Å²) in [7, 11) is 0. The Hall–Kier alpha value is -0.610. The molecular weight excluding hydrogens is 184 g/mol. The molecule has 1 N–H and O–H groups in total. The number of aliphatic carboxylic acids is 1. The van der Waals surface area contributed by atoms with E-state index in [-0.39, 0.29) is 12.5 Å². The predicted octanol–water partition coefficient (Wildman–Crippen LogP) is 1.44. The highest BCUT2D eigenvalue weighted by molar-refractivity contribution is 5.66. The summed E-state index contributed by atoms with van der Waals surface area (Å²) in [5.41, 5.74) is 0. The molecule has 82 valence electrons. The van der Waals surface area contributed by atoms with Gasteiger partial charge in [-0.15, -0.1) is 0 Å². The van der Waals surface area contributed by atoms with E-state index >= 15 is 0 Å². The fraction of sp³-hybridized carbons (Fsp3) is 0.900. The lowest BCUT2D eigenvalue weighted by Crippen LogP contribution is -2.12. The van der Waals surface area contributed by atoms with Crippen molar-refractivity contribution in [3.05, 3.63) is 0 Å². The van der Waals surface area contributed by atoms with E-state index in [0.29, 0.717) is 0 Å². The molecule has 14 heavy (non-hydrogen) atoms. The van der Waals surface area contributed by atoms with Crippen LogP contribution < -0.4 is 0 Å². The summed E-state index contributed by atoms with van der Waals surface area (Å²) in [5, 5.41) is 8.39. The maximum absolute atomic E-state index is 10.2. The van der Waals surface area contributed by atoms with Crippen molar-refractivity contribution in [3.8, 4) is 0 Å². The Morgan fingerprint density at radius 3 is 2.93 bits per heavy atom. The van der Waals surface area contributed by atoms with E-state index in [9.17, 15) is 4.79 Å². The molecule has 1 rings (SSSR count). The largest absolute Gasteiger partial charge is 0.481 e. The fourth-order valence-electron chi connectivity index (χ4n) is 1.45. The van der Waals surface area contributed by atoms with E-state index in [2.05, 4.69) is 0 Å². The molecule has 1 aliphatic rings. The van der Waals surface area contributed by atoms with Crippen molar-refractivity contribution < 1.29 is 19.4 Å². The van der Waals surface area contributed by atoms with Crippen LogP contribution in [0.3, 0.4) is 0 Å². The van der Waals surface area contributed by atoms with E-state index in [1.165, 1.54) is 0 Å². The normalized spacial score (nSPS) is 21.3. The molecule has 0 aromatic carbocycles. The zero-order chi connectivity index (χ0) is 10.2. The third-order valence-corrected chi connectivity index (χ3v) is 2.28. The van der Waals surface area contributed by atoms with Crippen LogP contribution in [-0.2, 0) is 14.3 Å². The minimum absolute atomic E-state index is 0.270. The van der Waals surface area contributed by atoms with Gasteiger partial charge in [-0.25, -0.2) is 0 Å². The molecule has 0 aromatic rings. The van der Waals surface area contributed by atoms with E-state index in [4.69, 9.17) is 14.6 Å². The van der Waals surface area contributed by atoms with Crippen molar-refractivity contribution in [2.75, 3.05) is 19.8 Å². The van der Waals surface area contributed by atoms with Crippen molar-refractivity contribution in [1.82, 2.24) is 0 Å². The Morgan fingerprint density at radius 2 is 2.29 bits per heavy atom. The smallest absolute Gasteiger partial charge is 0.303 e. The van der Waals surface area contributed by atoms with Gasteiger partial charge in [-0.2, -0.15) is 0 Å². The summed E-state index contributed by atoms with van der Waals surface area (Å²) < 4.78 is 10.7. The number of hydrogen-bond donors (Lipinski definition) is 1. The van der Waals surface area contributed by atoms with Gasteiger partial charge in [-0.1, -0.05) is 6.42 Å². The molecule has 1 heterocycles. The van der Waals surface area contributed by atoms with E-state index < -0.39 is 5.97 Å². The Balaban J connectivity index is 1.82. The van der Waals surface area contributed by atoms with Crippen molar-refractivity contribution in [3.63, 3.8) is 0 Å². The molecule has 1 unspecified atom stereocenters. The van der Waals surface area contributed by atoms with Crippen LogP contribution in [0.4, 0.5) is 0 Å². The Kier molecular flexibility index (Phi) is 5.56. The predicted molar refractivity (Wildman–Crippen MR) is 51.3 cm³/mol. The van der Waals surface area contributed by atoms with Crippen molar-refractivity contribution in [2.24, 2.45) is 0 Å². The van der Waals surface area contributed by atoms with Crippen LogP contribution in [0.25, 0.3) is 0 Å². The molecule has 0 spiro atoms. The van der Waals surface area contributed by atoms with E-state index in [1.807, 2.05) is 0 Å². The standard InChI is InChI=1S/C10H18O4/c11-10(12)4-2-1-3-6-14-9-5-7-13-8-9/h9H,1-8H2,(H,11,12). The van der Waals surface area contributed by atoms with Crippen LogP contribution in [0.1, 0.15) is 32.1 Å². The highest BCUT2D eigenvalue weighted by Crippen LogP contribution is 2.09. The molecule has 0 amide bonds. The number of hydrogen-bond acceptors (Lipinski definition) is 3. The van der Waals surface area contributed by atoms with E-state index in [0.717, 1.165) is 45.5 Å². The molecule has 0 aromatic heterocycles. The molecule has 0 aliphatic carbocycles. The number of carboxylic acids is 1. The summed E-state index contributed by atoms with van der Waals surface area (Å²) in [6, 6.07) is 0. The average Bonchev–Trinajstić information content (AvgIpc) is 2.63. The second-order valence-electron chi connectivity index (χ2n) is 3.56. The van der Waals surface area contributed by atoms with Crippen LogP contribution in [0.5, 0.6) is 0 Å². The second-order valence-corrected chi connectivity index (χ2v) is 3.56. The molecule has 0 saturated carbocycles. The third-order valence-electron chi connectivity index (χ3n) is 2.28. The lowest BCUT2D eigenvalue weighted by atomic mass is 10.2. The monoisotopic (exact) mass is 202 g/mol. The first-order valence-corrected chi connectivity index (χ1v) is 5.20. The van der Waals surface area contributed by atoms with Gasteiger partial charge in [-0.3, -0.25) is 4.79 Å². The first-order chi connectivity index (χ1) is 6.79. The molecule has 4 nitrogen and oxygen atoms in total. The lowest BCUT2D eigenvalue weighted by Gasteiger charge is -2.08. The van der Waals surface area contributed by atoms with Gasteiger partial charge in [-0.05, 0) is 19.3 Å². The number of carboxylic acid groups (broad SMARTS) is 1. The van der Waals surface area contributed by atoms with E-state index in [1.54, 1.807) is 0 Å². The summed E-state index contributed by atoms with van der Waals surface area (Å²) in [6.07, 6.45) is 4.17. The van der Waals surface area contributed by atoms with Gasteiger partial charge in [0.25, 0.3) is 0 Å². The van der Waals surface area contributed by atoms with Crippen molar-refractivity contribution >= 4 is 5.97 Å². The van der Waals surface area contributed by atoms with Gasteiger partial charge >= 0.3 is 5.97 Å². The second kappa shape index (κ2) is 6.79. The maximum atomic E-state index is 10.2. The quantitative estimate of drug-likeness (QED) is 0.635. The van der Waals surface area contributed by atoms with Crippen LogP contribution in [0.2, 0.25) is 0 Å². The van der Waals surface area contributed by atoms with Crippen LogP contribution in [0, 0.1) is 0 Å². The van der Waals surface area contributed by atoms with Crippen LogP contribution in [0.15, 0.2) is 0 Å². The molecule has 1 fully saturated rings. The number of rotatable bonds is 7. The topological polar surface area (TPSA) is 55.8 Å². The molecule has 0 radical (unpaired) electrons. The summed E-state index contributed by atoms with van der Waals surface area (Å²) in [6.45, 7) is 2.26. The number of carbonyl (C=O) groups is 1. The zero-order valence-corrected chi connectivity index (χ0v) is 8.41. The van der Waals surface area contributed by atoms with Gasteiger partial charge in [0.15, 0.2) is 0 Å². The fourth-order valence-corrected chi connectivity index (χ4v) is 1.45. The molecule has 1 saturated heterocycles. The molecule has 1 aliphatic heterocycles. The van der Waals surface area contributed by atoms with Gasteiger partial charge in [0.1, 0.15) is 0 Å². The van der Waals surface area contributed by atoms with Crippen LogP contribution in [-0.4, -0.2) is 37.0 Å². The first-order valence-electron chi connectivity index (χ1n) is 5.20. The van der Waals surface area contributed by atoms with Gasteiger partial charge in [0.05, 0.1) is 12.7 Å². The van der Waals surface area contributed by atoms with Gasteiger partial charge in [0, 0.05) is 19.6 Å².